The Kier molecular flexibility index (Phi) is 5.48. The van der Waals surface area contributed by atoms with Crippen molar-refractivity contribution in [2.75, 3.05) is 6.54 Å². The maximum Gasteiger partial charge on any atom is 0.0808 e. The highest BCUT2D eigenvalue weighted by molar-refractivity contribution is 6.30. The van der Waals surface area contributed by atoms with Crippen LogP contribution in [0.2, 0.25) is 5.02 Å². The van der Waals surface area contributed by atoms with E-state index in [1.54, 1.807) is 0 Å². The Balaban J connectivity index is 1.92. The van der Waals surface area contributed by atoms with Crippen LogP contribution in [0.3, 0.4) is 0 Å². The molecule has 2 rings (SSSR count). The van der Waals surface area contributed by atoms with E-state index in [0.717, 1.165) is 35.3 Å². The van der Waals surface area contributed by atoms with Crippen LogP contribution >= 0.6 is 11.6 Å². The van der Waals surface area contributed by atoms with E-state index in [-0.39, 0.29) is 5.60 Å². The Morgan fingerprint density at radius 1 is 1.35 bits per heavy atom. The molecule has 0 spiro atoms. The molecule has 1 aromatic carbocycles. The zero-order valence-corrected chi connectivity index (χ0v) is 13.3. The van der Waals surface area contributed by atoms with Gasteiger partial charge in [-0.3, -0.25) is 0 Å². The van der Waals surface area contributed by atoms with Crippen molar-refractivity contribution in [3.63, 3.8) is 0 Å². The van der Waals surface area contributed by atoms with Crippen molar-refractivity contribution in [1.82, 2.24) is 0 Å². The topological polar surface area (TPSA) is 35.2 Å². The molecule has 3 heteroatoms. The molecule has 0 heterocycles. The smallest absolute Gasteiger partial charge is 0.0808 e. The van der Waals surface area contributed by atoms with Crippen molar-refractivity contribution in [1.29, 1.82) is 0 Å². The van der Waals surface area contributed by atoms with Crippen LogP contribution in [0.1, 0.15) is 45.1 Å². The minimum Gasteiger partial charge on any atom is -0.369 e. The van der Waals surface area contributed by atoms with Crippen LogP contribution in [0.15, 0.2) is 24.3 Å². The fraction of sp³-hybridized carbons (Fsp3) is 0.647. The Bertz CT molecular complexity index is 425. The molecule has 0 unspecified atom stereocenters. The summed E-state index contributed by atoms with van der Waals surface area (Å²) < 4.78 is 6.21. The molecule has 0 aliphatic heterocycles. The van der Waals surface area contributed by atoms with E-state index in [0.29, 0.717) is 13.2 Å². The molecule has 112 valence electrons. The molecule has 20 heavy (non-hydrogen) atoms. The van der Waals surface area contributed by atoms with E-state index in [2.05, 4.69) is 19.9 Å². The molecule has 0 bridgehead atoms. The predicted molar refractivity (Wildman–Crippen MR) is 84.8 cm³/mol. The van der Waals surface area contributed by atoms with Gasteiger partial charge >= 0.3 is 0 Å². The molecule has 1 aromatic rings. The normalized spacial score (nSPS) is 26.9. The first kappa shape index (κ1) is 15.8. The molecule has 2 N–H and O–H groups in total. The third kappa shape index (κ3) is 3.97. The zero-order valence-electron chi connectivity index (χ0n) is 12.6. The van der Waals surface area contributed by atoms with Crippen LogP contribution in [0, 0.1) is 11.8 Å². The lowest BCUT2D eigenvalue weighted by molar-refractivity contribution is -0.0840. The monoisotopic (exact) mass is 295 g/mol. The Morgan fingerprint density at radius 2 is 2.05 bits per heavy atom. The lowest BCUT2D eigenvalue weighted by Gasteiger charge is -2.40. The Morgan fingerprint density at radius 3 is 2.60 bits per heavy atom. The van der Waals surface area contributed by atoms with Crippen LogP contribution in [-0.2, 0) is 11.3 Å². The van der Waals surface area contributed by atoms with E-state index in [9.17, 15) is 0 Å². The first-order valence-electron chi connectivity index (χ1n) is 7.63. The molecule has 2 nitrogen and oxygen atoms in total. The number of hydrogen-bond acceptors (Lipinski definition) is 2. The average molecular weight is 296 g/mol. The summed E-state index contributed by atoms with van der Waals surface area (Å²) in [5, 5.41) is 0.761. The lowest BCUT2D eigenvalue weighted by Crippen LogP contribution is -2.44. The van der Waals surface area contributed by atoms with Crippen LogP contribution in [0.25, 0.3) is 0 Å². The summed E-state index contributed by atoms with van der Waals surface area (Å²) in [4.78, 5) is 0. The van der Waals surface area contributed by atoms with Gasteiger partial charge in [0.25, 0.3) is 0 Å². The van der Waals surface area contributed by atoms with Gasteiger partial charge in [0, 0.05) is 11.6 Å². The van der Waals surface area contributed by atoms with Crippen molar-refractivity contribution in [2.24, 2.45) is 17.6 Å². The van der Waals surface area contributed by atoms with Crippen molar-refractivity contribution in [3.8, 4) is 0 Å². The Labute approximate surface area is 127 Å². The van der Waals surface area contributed by atoms with Gasteiger partial charge in [0.05, 0.1) is 12.2 Å². The highest BCUT2D eigenvalue weighted by Crippen LogP contribution is 2.38. The molecule has 1 aliphatic carbocycles. The van der Waals surface area contributed by atoms with Crippen molar-refractivity contribution in [3.05, 3.63) is 34.9 Å². The fourth-order valence-corrected chi connectivity index (χ4v) is 3.32. The largest absolute Gasteiger partial charge is 0.369 e. The molecule has 0 saturated heterocycles. The van der Waals surface area contributed by atoms with E-state index in [4.69, 9.17) is 22.1 Å². The molecule has 0 radical (unpaired) electrons. The summed E-state index contributed by atoms with van der Waals surface area (Å²) in [6.07, 6.45) is 4.61. The second kappa shape index (κ2) is 6.93. The van der Waals surface area contributed by atoms with E-state index in [1.165, 1.54) is 12.8 Å². The first-order valence-corrected chi connectivity index (χ1v) is 8.01. The molecule has 1 fully saturated rings. The van der Waals surface area contributed by atoms with Gasteiger partial charge in [0.1, 0.15) is 0 Å². The molecular weight excluding hydrogens is 270 g/mol. The fourth-order valence-electron chi connectivity index (χ4n) is 3.10. The predicted octanol–water partition coefficient (Wildman–Crippen LogP) is 4.40. The van der Waals surface area contributed by atoms with E-state index in [1.807, 2.05) is 18.2 Å². The molecule has 0 atom stereocenters. The quantitative estimate of drug-likeness (QED) is 0.874. The van der Waals surface area contributed by atoms with E-state index < -0.39 is 0 Å². The molecule has 0 aromatic heterocycles. The number of hydrogen-bond donors (Lipinski definition) is 1. The number of benzene rings is 1. The highest BCUT2D eigenvalue weighted by atomic mass is 35.5. The van der Waals surface area contributed by atoms with Gasteiger partial charge < -0.3 is 10.5 Å². The minimum absolute atomic E-state index is 0.131. The second-order valence-electron chi connectivity index (χ2n) is 6.39. The van der Waals surface area contributed by atoms with Crippen LogP contribution < -0.4 is 5.73 Å². The summed E-state index contributed by atoms with van der Waals surface area (Å²) >= 11 is 6.01. The summed E-state index contributed by atoms with van der Waals surface area (Å²) in [5.41, 5.74) is 6.99. The summed E-state index contributed by atoms with van der Waals surface area (Å²) in [5.74, 6) is 1.59. The first-order chi connectivity index (χ1) is 9.54. The van der Waals surface area contributed by atoms with Gasteiger partial charge in [-0.2, -0.15) is 0 Å². The molecule has 1 saturated carbocycles. The average Bonchev–Trinajstić information content (AvgIpc) is 2.45. The summed E-state index contributed by atoms with van der Waals surface area (Å²) in [6.45, 7) is 5.84. The maximum absolute atomic E-state index is 6.21. The second-order valence-corrected chi connectivity index (χ2v) is 6.82. The van der Waals surface area contributed by atoms with Gasteiger partial charge in [-0.1, -0.05) is 37.6 Å². The maximum atomic E-state index is 6.21. The number of nitrogens with two attached hydrogens (primary N) is 1. The third-order valence-corrected chi connectivity index (χ3v) is 4.93. The van der Waals surface area contributed by atoms with Crippen LogP contribution in [0.4, 0.5) is 0 Å². The lowest BCUT2D eigenvalue weighted by atomic mass is 9.74. The standard InChI is InChI=1S/C17H26ClNO/c1-13(2)15-6-8-17(12-19,9-7-15)20-11-14-4-3-5-16(18)10-14/h3-5,10,13,15H,6-9,11-12,19H2,1-2H3. The van der Waals surface area contributed by atoms with Crippen LogP contribution in [-0.4, -0.2) is 12.1 Å². The number of ether oxygens (including phenoxy) is 1. The summed E-state index contributed by atoms with van der Waals surface area (Å²) in [7, 11) is 0. The van der Waals surface area contributed by atoms with E-state index >= 15 is 0 Å². The highest BCUT2D eigenvalue weighted by Gasteiger charge is 2.35. The third-order valence-electron chi connectivity index (χ3n) is 4.69. The van der Waals surface area contributed by atoms with Gasteiger partial charge in [-0.15, -0.1) is 0 Å². The van der Waals surface area contributed by atoms with Crippen molar-refractivity contribution < 1.29 is 4.74 Å². The molecular formula is C17H26ClNO. The minimum atomic E-state index is -0.131. The molecule has 1 aliphatic rings. The summed E-state index contributed by atoms with van der Waals surface area (Å²) in [6, 6.07) is 7.87. The van der Waals surface area contributed by atoms with Gasteiger partial charge in [-0.25, -0.2) is 0 Å². The van der Waals surface area contributed by atoms with Crippen LogP contribution in [0.5, 0.6) is 0 Å². The van der Waals surface area contributed by atoms with Crippen molar-refractivity contribution in [2.45, 2.75) is 51.7 Å². The zero-order chi connectivity index (χ0) is 14.6. The van der Waals surface area contributed by atoms with Crippen molar-refractivity contribution >= 4 is 11.6 Å². The number of halogens is 1. The Hall–Kier alpha value is -0.570. The van der Waals surface area contributed by atoms with Gasteiger partial charge in [-0.05, 0) is 55.2 Å². The number of rotatable bonds is 5. The van der Waals surface area contributed by atoms with Gasteiger partial charge in [0.2, 0.25) is 0 Å². The van der Waals surface area contributed by atoms with Gasteiger partial charge in [0.15, 0.2) is 0 Å². The molecule has 0 amide bonds. The SMILES string of the molecule is CC(C)C1CCC(CN)(OCc2cccc(Cl)c2)CC1.